The summed E-state index contributed by atoms with van der Waals surface area (Å²) in [4.78, 5) is 11.7. The Morgan fingerprint density at radius 3 is 2.40 bits per heavy atom. The van der Waals surface area contributed by atoms with E-state index in [-0.39, 0.29) is 15.7 Å². The Balaban J connectivity index is 2.70. The van der Waals surface area contributed by atoms with Gasteiger partial charge in [0.25, 0.3) is 5.24 Å². The maximum Gasteiger partial charge on any atom is 0.252 e. The standard InChI is InChI=1S/C13H15ClO4S2/c1-3-8-6-11(19(16)9-4-5-9)12(20(2,17)18)7-10(8)13(14)15/h6-7,9H,3-5H2,1-2H3. The number of carbonyl (C=O) groups excluding carboxylic acids is 1. The Labute approximate surface area is 125 Å². The van der Waals surface area contributed by atoms with Crippen LogP contribution < -0.4 is 0 Å². The summed E-state index contributed by atoms with van der Waals surface area (Å²) in [5, 5.41) is -0.673. The lowest BCUT2D eigenvalue weighted by molar-refractivity contribution is 0.108. The molecule has 0 spiro atoms. The average Bonchev–Trinajstić information content (AvgIpc) is 3.19. The van der Waals surface area contributed by atoms with Gasteiger partial charge in [-0.3, -0.25) is 9.00 Å². The summed E-state index contributed by atoms with van der Waals surface area (Å²) in [5.41, 5.74) is 0.799. The van der Waals surface area contributed by atoms with E-state index in [4.69, 9.17) is 11.6 Å². The highest BCUT2D eigenvalue weighted by molar-refractivity contribution is 7.92. The van der Waals surface area contributed by atoms with Gasteiger partial charge in [-0.25, -0.2) is 8.42 Å². The molecule has 0 bridgehead atoms. The third kappa shape index (κ3) is 3.13. The molecule has 0 aromatic heterocycles. The molecule has 1 aromatic rings. The van der Waals surface area contributed by atoms with E-state index in [9.17, 15) is 17.4 Å². The molecule has 7 heteroatoms. The largest absolute Gasteiger partial charge is 0.276 e. The van der Waals surface area contributed by atoms with Gasteiger partial charge in [-0.15, -0.1) is 0 Å². The number of aryl methyl sites for hydroxylation is 1. The molecule has 0 radical (unpaired) electrons. The number of sulfone groups is 1. The molecule has 1 saturated carbocycles. The van der Waals surface area contributed by atoms with Crippen molar-refractivity contribution < 1.29 is 17.4 Å². The first-order valence-corrected chi connectivity index (χ1v) is 9.71. The fraction of sp³-hybridized carbons (Fsp3) is 0.462. The van der Waals surface area contributed by atoms with Crippen LogP contribution in [0.5, 0.6) is 0 Å². The lowest BCUT2D eigenvalue weighted by Crippen LogP contribution is -2.10. The molecule has 0 amide bonds. The minimum atomic E-state index is -3.57. The van der Waals surface area contributed by atoms with Crippen LogP contribution in [0.2, 0.25) is 0 Å². The second-order valence-corrected chi connectivity index (χ2v) is 8.88. The molecule has 1 aliphatic carbocycles. The van der Waals surface area contributed by atoms with Crippen molar-refractivity contribution in [2.45, 2.75) is 41.2 Å². The summed E-state index contributed by atoms with van der Waals surface area (Å²) in [5.74, 6) is 0. The third-order valence-corrected chi connectivity index (χ3v) is 6.52. The molecule has 0 saturated heterocycles. The Morgan fingerprint density at radius 2 is 2.00 bits per heavy atom. The van der Waals surface area contributed by atoms with Crippen molar-refractivity contribution in [2.24, 2.45) is 0 Å². The van der Waals surface area contributed by atoms with Gasteiger partial charge in [0.2, 0.25) is 0 Å². The molecule has 1 aromatic carbocycles. The lowest BCUT2D eigenvalue weighted by atomic mass is 10.1. The van der Waals surface area contributed by atoms with Crippen molar-refractivity contribution in [1.82, 2.24) is 0 Å². The summed E-state index contributed by atoms with van der Waals surface area (Å²) in [6.07, 6.45) is 3.25. The van der Waals surface area contributed by atoms with Crippen LogP contribution in [0.4, 0.5) is 0 Å². The quantitative estimate of drug-likeness (QED) is 0.775. The van der Waals surface area contributed by atoms with E-state index in [0.29, 0.717) is 16.9 Å². The SMILES string of the molecule is CCc1cc(S(=O)C2CC2)c(S(C)(=O)=O)cc1C(=O)Cl. The van der Waals surface area contributed by atoms with Gasteiger partial charge in [0.1, 0.15) is 0 Å². The van der Waals surface area contributed by atoms with Crippen LogP contribution in [0.1, 0.15) is 35.7 Å². The number of hydrogen-bond donors (Lipinski definition) is 0. The summed E-state index contributed by atoms with van der Waals surface area (Å²) in [6, 6.07) is 2.82. The zero-order chi connectivity index (χ0) is 15.1. The molecular weight excluding hydrogens is 320 g/mol. The number of halogens is 1. The normalized spacial score (nSPS) is 16.9. The van der Waals surface area contributed by atoms with E-state index >= 15 is 0 Å². The van der Waals surface area contributed by atoms with Crippen molar-refractivity contribution in [3.8, 4) is 0 Å². The summed E-state index contributed by atoms with van der Waals surface area (Å²) >= 11 is 5.51. The van der Waals surface area contributed by atoms with Gasteiger partial charge in [-0.1, -0.05) is 6.92 Å². The second kappa shape index (κ2) is 5.58. The molecule has 1 atom stereocenters. The molecule has 110 valence electrons. The highest BCUT2D eigenvalue weighted by Gasteiger charge is 2.33. The molecule has 1 unspecified atom stereocenters. The number of carbonyl (C=O) groups is 1. The summed E-state index contributed by atoms with van der Waals surface area (Å²) in [7, 11) is -4.92. The second-order valence-electron chi connectivity index (χ2n) is 4.85. The maximum atomic E-state index is 12.4. The van der Waals surface area contributed by atoms with Crippen LogP contribution >= 0.6 is 11.6 Å². The van der Waals surface area contributed by atoms with Gasteiger partial charge < -0.3 is 0 Å². The molecule has 1 aliphatic rings. The van der Waals surface area contributed by atoms with Gasteiger partial charge in [-0.05, 0) is 48.6 Å². The number of rotatable bonds is 5. The van der Waals surface area contributed by atoms with Crippen molar-refractivity contribution >= 4 is 37.5 Å². The Kier molecular flexibility index (Phi) is 4.37. The topological polar surface area (TPSA) is 68.3 Å². The fourth-order valence-corrected chi connectivity index (χ4v) is 5.06. The minimum absolute atomic E-state index is 0.0257. The lowest BCUT2D eigenvalue weighted by Gasteiger charge is -2.12. The molecule has 0 heterocycles. The first-order chi connectivity index (χ1) is 9.25. The van der Waals surface area contributed by atoms with Crippen LogP contribution in [0.3, 0.4) is 0 Å². The van der Waals surface area contributed by atoms with E-state index in [1.807, 2.05) is 6.92 Å². The van der Waals surface area contributed by atoms with Crippen LogP contribution in [0, 0.1) is 0 Å². The Morgan fingerprint density at radius 1 is 1.40 bits per heavy atom. The molecule has 4 nitrogen and oxygen atoms in total. The minimum Gasteiger partial charge on any atom is -0.276 e. The third-order valence-electron chi connectivity index (χ3n) is 3.21. The average molecular weight is 335 g/mol. The van der Waals surface area contributed by atoms with Gasteiger partial charge in [0, 0.05) is 17.1 Å². The molecule has 1 fully saturated rings. The highest BCUT2D eigenvalue weighted by atomic mass is 35.5. The molecular formula is C13H15ClO4S2. The van der Waals surface area contributed by atoms with Gasteiger partial charge in [0.15, 0.2) is 9.84 Å². The number of hydrogen-bond acceptors (Lipinski definition) is 4. The van der Waals surface area contributed by atoms with E-state index in [0.717, 1.165) is 19.1 Å². The van der Waals surface area contributed by atoms with E-state index in [1.165, 1.54) is 6.07 Å². The molecule has 0 aliphatic heterocycles. The summed E-state index contributed by atoms with van der Waals surface area (Å²) < 4.78 is 36.1. The van der Waals surface area contributed by atoms with Crippen LogP contribution in [-0.4, -0.2) is 29.4 Å². The van der Waals surface area contributed by atoms with E-state index in [1.54, 1.807) is 6.07 Å². The van der Waals surface area contributed by atoms with Crippen LogP contribution in [0.25, 0.3) is 0 Å². The van der Waals surface area contributed by atoms with Gasteiger partial charge >= 0.3 is 0 Å². The van der Waals surface area contributed by atoms with Gasteiger partial charge in [0.05, 0.1) is 20.6 Å². The smallest absolute Gasteiger partial charge is 0.252 e. The Bertz CT molecular complexity index is 691. The van der Waals surface area contributed by atoms with Crippen LogP contribution in [0.15, 0.2) is 21.9 Å². The predicted octanol–water partition coefficient (Wildman–Crippen LogP) is 2.30. The van der Waals surface area contributed by atoms with Crippen LogP contribution in [-0.2, 0) is 27.1 Å². The summed E-state index contributed by atoms with van der Waals surface area (Å²) in [6.45, 7) is 1.84. The predicted molar refractivity (Wildman–Crippen MR) is 78.5 cm³/mol. The number of benzene rings is 1. The first-order valence-electron chi connectivity index (χ1n) is 6.23. The zero-order valence-corrected chi connectivity index (χ0v) is 13.6. The molecule has 2 rings (SSSR count). The fourth-order valence-electron chi connectivity index (χ4n) is 1.99. The zero-order valence-electron chi connectivity index (χ0n) is 11.2. The van der Waals surface area contributed by atoms with E-state index in [2.05, 4.69) is 0 Å². The maximum absolute atomic E-state index is 12.4. The molecule has 20 heavy (non-hydrogen) atoms. The van der Waals surface area contributed by atoms with Crippen molar-refractivity contribution in [1.29, 1.82) is 0 Å². The van der Waals surface area contributed by atoms with Gasteiger partial charge in [-0.2, -0.15) is 0 Å². The monoisotopic (exact) mass is 334 g/mol. The van der Waals surface area contributed by atoms with E-state index < -0.39 is 25.9 Å². The Hall–Kier alpha value is -0.720. The van der Waals surface area contributed by atoms with Crippen molar-refractivity contribution in [2.75, 3.05) is 6.26 Å². The van der Waals surface area contributed by atoms with Crippen molar-refractivity contribution in [3.05, 3.63) is 23.3 Å². The highest BCUT2D eigenvalue weighted by Crippen LogP contribution is 2.34. The first kappa shape index (κ1) is 15.7. The molecule has 0 N–H and O–H groups in total. The van der Waals surface area contributed by atoms with Crippen molar-refractivity contribution in [3.63, 3.8) is 0 Å².